The quantitative estimate of drug-likeness (QED) is 0.414. The van der Waals surface area contributed by atoms with Crippen molar-refractivity contribution in [2.75, 3.05) is 0 Å². The monoisotopic (exact) mass is 419 g/mol. The van der Waals surface area contributed by atoms with Crippen LogP contribution in [0.25, 0.3) is 10.9 Å². The molecule has 2 aromatic rings. The van der Waals surface area contributed by atoms with Crippen LogP contribution in [0.2, 0.25) is 13.3 Å². The molecule has 0 unspecified atom stereocenters. The molecular weight excluding hydrogens is 385 g/mol. The van der Waals surface area contributed by atoms with Crippen LogP contribution >= 0.6 is 0 Å². The third-order valence-corrected chi connectivity index (χ3v) is 21.0. The summed E-state index contributed by atoms with van der Waals surface area (Å²) in [5.41, 5.74) is 1.20. The second-order valence-corrected chi connectivity index (χ2v) is 20.1. The van der Waals surface area contributed by atoms with Crippen molar-refractivity contribution in [2.45, 2.75) is 72.6 Å². The molecule has 0 N–H and O–H groups in total. The van der Waals surface area contributed by atoms with Gasteiger partial charge in [-0.3, -0.25) is 0 Å². The topological polar surface area (TPSA) is 12.9 Å². The summed E-state index contributed by atoms with van der Waals surface area (Å²) < 4.78 is 6.35. The Balaban J connectivity index is 2.51. The molecule has 0 amide bonds. The van der Waals surface area contributed by atoms with Gasteiger partial charge in [-0.2, -0.15) is 0 Å². The molecule has 1 nitrogen and oxygen atoms in total. The molecule has 0 aliphatic carbocycles. The van der Waals surface area contributed by atoms with E-state index in [1.807, 2.05) is 6.20 Å². The van der Waals surface area contributed by atoms with Crippen LogP contribution in [0, 0.1) is 0 Å². The Morgan fingerprint density at radius 3 is 1.96 bits per heavy atom. The first kappa shape index (κ1) is 18.8. The average molecular weight is 418 g/mol. The number of pyridine rings is 1. The summed E-state index contributed by atoms with van der Waals surface area (Å²) in [5.74, 6) is 0. The zero-order chi connectivity index (χ0) is 16.5. The standard InChI is InChI=1S/C9H6N.3C4H9.Sn/c1-2-6-9-8(4-1)5-3-7-10-9;3*1-3-4-2;/h1-3,5-7H;3*1,3-4H2,2H3;. The van der Waals surface area contributed by atoms with E-state index in [0.29, 0.717) is 0 Å². The van der Waals surface area contributed by atoms with E-state index >= 15 is 0 Å². The first-order valence-corrected chi connectivity index (χ1v) is 17.1. The van der Waals surface area contributed by atoms with Gasteiger partial charge in [0.15, 0.2) is 0 Å². The molecule has 2 heteroatoms. The summed E-state index contributed by atoms with van der Waals surface area (Å²) in [6.45, 7) is 7.04. The molecular formula is C21H33NSn. The van der Waals surface area contributed by atoms with Gasteiger partial charge < -0.3 is 0 Å². The van der Waals surface area contributed by atoms with Crippen molar-refractivity contribution in [1.29, 1.82) is 0 Å². The van der Waals surface area contributed by atoms with Gasteiger partial charge in [0.25, 0.3) is 0 Å². The Labute approximate surface area is 146 Å². The molecule has 0 saturated carbocycles. The van der Waals surface area contributed by atoms with E-state index in [4.69, 9.17) is 0 Å². The summed E-state index contributed by atoms with van der Waals surface area (Å²) >= 11 is -2.35. The molecule has 0 aliphatic rings. The predicted octanol–water partition coefficient (Wildman–Crippen LogP) is 6.29. The summed E-state index contributed by atoms with van der Waals surface area (Å²) in [4.78, 5) is 4.63. The summed E-state index contributed by atoms with van der Waals surface area (Å²) in [6.07, 6.45) is 10.2. The third-order valence-electron chi connectivity index (χ3n) is 5.24. The zero-order valence-corrected chi connectivity index (χ0v) is 18.1. The molecule has 0 spiro atoms. The molecule has 23 heavy (non-hydrogen) atoms. The van der Waals surface area contributed by atoms with Crippen molar-refractivity contribution in [3.05, 3.63) is 36.5 Å². The fraction of sp³-hybridized carbons (Fsp3) is 0.571. The van der Waals surface area contributed by atoms with Crippen LogP contribution in [-0.4, -0.2) is 23.4 Å². The Kier molecular flexibility index (Phi) is 7.88. The van der Waals surface area contributed by atoms with Crippen LogP contribution in [0.15, 0.2) is 36.5 Å². The number of benzene rings is 1. The van der Waals surface area contributed by atoms with Gasteiger partial charge >= 0.3 is 147 Å². The van der Waals surface area contributed by atoms with Gasteiger partial charge in [0.1, 0.15) is 0 Å². The van der Waals surface area contributed by atoms with Gasteiger partial charge in [-0.05, 0) is 0 Å². The maximum absolute atomic E-state index is 4.63. The summed E-state index contributed by atoms with van der Waals surface area (Å²) in [5, 5.41) is 1.47. The molecule has 0 bridgehead atoms. The van der Waals surface area contributed by atoms with E-state index in [9.17, 15) is 0 Å². The summed E-state index contributed by atoms with van der Waals surface area (Å²) in [6, 6.07) is 11.4. The number of hydrogen-bond acceptors (Lipinski definition) is 1. The van der Waals surface area contributed by atoms with Crippen LogP contribution < -0.4 is 3.58 Å². The van der Waals surface area contributed by atoms with E-state index in [0.717, 1.165) is 0 Å². The number of aromatic nitrogens is 1. The van der Waals surface area contributed by atoms with E-state index in [-0.39, 0.29) is 0 Å². The molecule has 0 fully saturated rings. The van der Waals surface area contributed by atoms with Crippen molar-refractivity contribution in [1.82, 2.24) is 4.98 Å². The Morgan fingerprint density at radius 2 is 1.39 bits per heavy atom. The van der Waals surface area contributed by atoms with Crippen molar-refractivity contribution in [2.24, 2.45) is 0 Å². The predicted molar refractivity (Wildman–Crippen MR) is 106 cm³/mol. The van der Waals surface area contributed by atoms with Crippen molar-refractivity contribution in [3.63, 3.8) is 0 Å². The summed E-state index contributed by atoms with van der Waals surface area (Å²) in [7, 11) is 0. The van der Waals surface area contributed by atoms with Crippen LogP contribution in [0.5, 0.6) is 0 Å². The SMILES string of the molecule is CCC[CH2][Sn]([CH2]CCC)([CH2]CCC)[c]1cccc2ncccc12. The van der Waals surface area contributed by atoms with Crippen LogP contribution in [0.4, 0.5) is 0 Å². The number of nitrogens with zero attached hydrogens (tertiary/aromatic N) is 1. The second kappa shape index (κ2) is 9.66. The van der Waals surface area contributed by atoms with Gasteiger partial charge in [-0.15, -0.1) is 0 Å². The Bertz CT molecular complexity index is 566. The van der Waals surface area contributed by atoms with Crippen LogP contribution in [-0.2, 0) is 0 Å². The van der Waals surface area contributed by atoms with Gasteiger partial charge in [0.05, 0.1) is 0 Å². The maximum atomic E-state index is 4.63. The first-order valence-electron chi connectivity index (χ1n) is 9.61. The fourth-order valence-electron chi connectivity index (χ4n) is 3.89. The molecule has 0 saturated heterocycles. The minimum atomic E-state index is -2.35. The first-order chi connectivity index (χ1) is 11.3. The van der Waals surface area contributed by atoms with Crippen LogP contribution in [0.3, 0.4) is 0 Å². The molecule has 1 aromatic carbocycles. The number of hydrogen-bond donors (Lipinski definition) is 0. The second-order valence-electron chi connectivity index (χ2n) is 6.97. The molecule has 126 valence electrons. The van der Waals surface area contributed by atoms with E-state index < -0.39 is 18.4 Å². The normalized spacial score (nSPS) is 12.0. The van der Waals surface area contributed by atoms with Gasteiger partial charge in [0, 0.05) is 0 Å². The third kappa shape index (κ3) is 4.71. The van der Waals surface area contributed by atoms with Gasteiger partial charge in [-0.1, -0.05) is 0 Å². The van der Waals surface area contributed by atoms with Gasteiger partial charge in [-0.25, -0.2) is 0 Å². The number of unbranched alkanes of at least 4 members (excludes halogenated alkanes) is 3. The molecule has 1 aromatic heterocycles. The van der Waals surface area contributed by atoms with Crippen molar-refractivity contribution in [3.8, 4) is 0 Å². The van der Waals surface area contributed by atoms with E-state index in [2.05, 4.69) is 56.1 Å². The van der Waals surface area contributed by atoms with Crippen LogP contribution in [0.1, 0.15) is 59.3 Å². The molecule has 0 atom stereocenters. The molecule has 0 radical (unpaired) electrons. The number of rotatable bonds is 10. The Morgan fingerprint density at radius 1 is 0.783 bits per heavy atom. The van der Waals surface area contributed by atoms with Crippen molar-refractivity contribution < 1.29 is 0 Å². The minimum absolute atomic E-state index is 1.20. The Hall–Kier alpha value is -0.571. The van der Waals surface area contributed by atoms with E-state index in [1.165, 1.54) is 62.7 Å². The molecule has 0 aliphatic heterocycles. The van der Waals surface area contributed by atoms with E-state index in [1.54, 1.807) is 3.58 Å². The average Bonchev–Trinajstić information content (AvgIpc) is 2.61. The van der Waals surface area contributed by atoms with Crippen molar-refractivity contribution >= 4 is 32.9 Å². The molecule has 2 rings (SSSR count). The fourth-order valence-corrected chi connectivity index (χ4v) is 20.7. The van der Waals surface area contributed by atoms with Gasteiger partial charge in [0.2, 0.25) is 0 Å². The number of fused-ring (bicyclic) bond motifs is 1. The zero-order valence-electron chi connectivity index (χ0n) is 15.3. The molecule has 1 heterocycles.